The van der Waals surface area contributed by atoms with Gasteiger partial charge in [0.25, 0.3) is 0 Å². The van der Waals surface area contributed by atoms with E-state index in [9.17, 15) is 9.59 Å². The standard InChI is InChI=1S/C19H22N4O2S/c1-12-17(13(2)23(21-12)14-7-5-4-6-8-14)20-18(25)15-11-26-19(3)10-9-16(24)22(15)19/h4-8,15H,9-11H2,1-3H3,(H,20,25). The van der Waals surface area contributed by atoms with Crippen LogP contribution in [0.1, 0.15) is 31.2 Å². The van der Waals surface area contributed by atoms with Gasteiger partial charge < -0.3 is 10.2 Å². The van der Waals surface area contributed by atoms with Crippen molar-refractivity contribution in [1.82, 2.24) is 14.7 Å². The molecule has 0 spiro atoms. The molecule has 7 heteroatoms. The van der Waals surface area contributed by atoms with Gasteiger partial charge in [0, 0.05) is 12.2 Å². The molecule has 1 N–H and O–H groups in total. The third kappa shape index (κ3) is 2.61. The van der Waals surface area contributed by atoms with E-state index < -0.39 is 6.04 Å². The maximum atomic E-state index is 12.9. The van der Waals surface area contributed by atoms with Crippen LogP contribution in [0.25, 0.3) is 5.69 Å². The molecular weight excluding hydrogens is 348 g/mol. The summed E-state index contributed by atoms with van der Waals surface area (Å²) >= 11 is 1.70. The van der Waals surface area contributed by atoms with Crippen LogP contribution in [-0.4, -0.2) is 43.2 Å². The van der Waals surface area contributed by atoms with E-state index in [1.54, 1.807) is 16.7 Å². The zero-order valence-electron chi connectivity index (χ0n) is 15.2. The van der Waals surface area contributed by atoms with Gasteiger partial charge in [0.2, 0.25) is 11.8 Å². The molecule has 3 heterocycles. The van der Waals surface area contributed by atoms with Crippen molar-refractivity contribution in [3.63, 3.8) is 0 Å². The van der Waals surface area contributed by atoms with Crippen LogP contribution >= 0.6 is 11.8 Å². The fraction of sp³-hybridized carbons (Fsp3) is 0.421. The van der Waals surface area contributed by atoms with E-state index in [0.717, 1.165) is 29.2 Å². The highest BCUT2D eigenvalue weighted by Gasteiger charge is 2.53. The first-order valence-corrected chi connectivity index (χ1v) is 9.78. The fourth-order valence-electron chi connectivity index (χ4n) is 3.87. The maximum Gasteiger partial charge on any atom is 0.248 e. The molecule has 0 saturated carbocycles. The fourth-order valence-corrected chi connectivity index (χ4v) is 5.30. The van der Waals surface area contributed by atoms with Crippen LogP contribution in [0.15, 0.2) is 30.3 Å². The molecular formula is C19H22N4O2S. The molecule has 0 radical (unpaired) electrons. The van der Waals surface area contributed by atoms with Crippen LogP contribution in [-0.2, 0) is 9.59 Å². The Morgan fingerprint density at radius 2 is 2.04 bits per heavy atom. The molecule has 2 atom stereocenters. The Bertz CT molecular complexity index is 879. The van der Waals surface area contributed by atoms with Crippen LogP contribution < -0.4 is 5.32 Å². The van der Waals surface area contributed by atoms with Crippen molar-refractivity contribution in [2.45, 2.75) is 44.5 Å². The average molecular weight is 370 g/mol. The molecule has 26 heavy (non-hydrogen) atoms. The lowest BCUT2D eigenvalue weighted by Crippen LogP contribution is -2.48. The Kier molecular flexibility index (Phi) is 4.06. The Labute approximate surface area is 156 Å². The molecule has 0 aliphatic carbocycles. The van der Waals surface area contributed by atoms with E-state index in [1.807, 2.05) is 48.9 Å². The van der Waals surface area contributed by atoms with Gasteiger partial charge in [-0.15, -0.1) is 11.8 Å². The van der Waals surface area contributed by atoms with Gasteiger partial charge in [-0.1, -0.05) is 18.2 Å². The average Bonchev–Trinajstić information content (AvgIpc) is 3.22. The second-order valence-corrected chi connectivity index (χ2v) is 8.55. The molecule has 1 aromatic heterocycles. The molecule has 2 amide bonds. The number of para-hydroxylation sites is 1. The highest BCUT2D eigenvalue weighted by Crippen LogP contribution is 2.47. The number of nitrogens with one attached hydrogen (secondary N) is 1. The largest absolute Gasteiger partial charge is 0.321 e. The Hall–Kier alpha value is -2.28. The number of rotatable bonds is 3. The lowest BCUT2D eigenvalue weighted by molar-refractivity contribution is -0.135. The molecule has 2 saturated heterocycles. The summed E-state index contributed by atoms with van der Waals surface area (Å²) in [5.74, 6) is 0.584. The Morgan fingerprint density at radius 1 is 1.31 bits per heavy atom. The number of aryl methyl sites for hydroxylation is 1. The van der Waals surface area contributed by atoms with Crippen molar-refractivity contribution in [2.24, 2.45) is 0 Å². The van der Waals surface area contributed by atoms with Crippen molar-refractivity contribution in [3.05, 3.63) is 41.7 Å². The SMILES string of the molecule is Cc1nn(-c2ccccc2)c(C)c1NC(=O)C1CSC2(C)CCC(=O)N12. The molecule has 1 aromatic carbocycles. The number of hydrogen-bond acceptors (Lipinski definition) is 4. The summed E-state index contributed by atoms with van der Waals surface area (Å²) < 4.78 is 1.83. The predicted octanol–water partition coefficient (Wildman–Crippen LogP) is 2.88. The maximum absolute atomic E-state index is 12.9. The second kappa shape index (κ2) is 6.16. The van der Waals surface area contributed by atoms with Gasteiger partial charge in [-0.3, -0.25) is 9.59 Å². The van der Waals surface area contributed by atoms with Crippen molar-refractivity contribution >= 4 is 29.3 Å². The minimum absolute atomic E-state index is 0.0751. The molecule has 0 bridgehead atoms. The van der Waals surface area contributed by atoms with Crippen molar-refractivity contribution in [1.29, 1.82) is 0 Å². The van der Waals surface area contributed by atoms with Crippen LogP contribution in [0.3, 0.4) is 0 Å². The molecule has 2 unspecified atom stereocenters. The number of amides is 2. The van der Waals surface area contributed by atoms with Gasteiger partial charge in [0.15, 0.2) is 0 Å². The summed E-state index contributed by atoms with van der Waals surface area (Å²) in [6, 6.07) is 9.41. The van der Waals surface area contributed by atoms with Crippen molar-refractivity contribution in [2.75, 3.05) is 11.1 Å². The summed E-state index contributed by atoms with van der Waals surface area (Å²) in [5.41, 5.74) is 3.32. The van der Waals surface area contributed by atoms with Crippen LogP contribution in [0, 0.1) is 13.8 Å². The number of fused-ring (bicyclic) bond motifs is 1. The van der Waals surface area contributed by atoms with E-state index in [1.165, 1.54) is 0 Å². The van der Waals surface area contributed by atoms with Gasteiger partial charge in [-0.25, -0.2) is 4.68 Å². The topological polar surface area (TPSA) is 67.2 Å². The number of nitrogens with zero attached hydrogens (tertiary/aromatic N) is 3. The van der Waals surface area contributed by atoms with Gasteiger partial charge >= 0.3 is 0 Å². The van der Waals surface area contributed by atoms with Gasteiger partial charge in [-0.2, -0.15) is 5.10 Å². The molecule has 6 nitrogen and oxygen atoms in total. The Balaban J connectivity index is 1.59. The molecule has 2 fully saturated rings. The van der Waals surface area contributed by atoms with E-state index in [0.29, 0.717) is 12.2 Å². The summed E-state index contributed by atoms with van der Waals surface area (Å²) in [6.45, 7) is 5.88. The van der Waals surface area contributed by atoms with Crippen LogP contribution in [0.4, 0.5) is 5.69 Å². The predicted molar refractivity (Wildman–Crippen MR) is 102 cm³/mol. The summed E-state index contributed by atoms with van der Waals surface area (Å²) in [4.78, 5) is 26.7. The number of carbonyl (C=O) groups excluding carboxylic acids is 2. The monoisotopic (exact) mass is 370 g/mol. The minimum Gasteiger partial charge on any atom is -0.321 e. The van der Waals surface area contributed by atoms with E-state index >= 15 is 0 Å². The van der Waals surface area contributed by atoms with Crippen LogP contribution in [0.5, 0.6) is 0 Å². The number of carbonyl (C=O) groups is 2. The molecule has 136 valence electrons. The van der Waals surface area contributed by atoms with E-state index in [2.05, 4.69) is 17.3 Å². The quantitative estimate of drug-likeness (QED) is 0.902. The number of thioether (sulfide) groups is 1. The van der Waals surface area contributed by atoms with Gasteiger partial charge in [-0.05, 0) is 39.3 Å². The van der Waals surface area contributed by atoms with Gasteiger partial charge in [0.1, 0.15) is 6.04 Å². The Morgan fingerprint density at radius 3 is 2.77 bits per heavy atom. The van der Waals surface area contributed by atoms with Crippen molar-refractivity contribution < 1.29 is 9.59 Å². The molecule has 2 aliphatic rings. The third-order valence-corrected chi connectivity index (χ3v) is 6.79. The van der Waals surface area contributed by atoms with Crippen LogP contribution in [0.2, 0.25) is 0 Å². The highest BCUT2D eigenvalue weighted by atomic mass is 32.2. The first-order valence-electron chi connectivity index (χ1n) is 8.79. The highest BCUT2D eigenvalue weighted by molar-refractivity contribution is 8.01. The van der Waals surface area contributed by atoms with Gasteiger partial charge in [0.05, 0.1) is 27.6 Å². The zero-order valence-corrected chi connectivity index (χ0v) is 16.0. The number of hydrogen-bond donors (Lipinski definition) is 1. The molecule has 2 aromatic rings. The molecule has 2 aliphatic heterocycles. The number of aromatic nitrogens is 2. The first kappa shape index (κ1) is 17.1. The lowest BCUT2D eigenvalue weighted by Gasteiger charge is -2.29. The summed E-state index contributed by atoms with van der Waals surface area (Å²) in [6.07, 6.45) is 1.33. The number of benzene rings is 1. The molecule has 4 rings (SSSR count). The zero-order chi connectivity index (χ0) is 18.5. The summed E-state index contributed by atoms with van der Waals surface area (Å²) in [5, 5.41) is 7.60. The number of anilines is 1. The second-order valence-electron chi connectivity index (χ2n) is 7.05. The smallest absolute Gasteiger partial charge is 0.248 e. The minimum atomic E-state index is -0.418. The van der Waals surface area contributed by atoms with Crippen molar-refractivity contribution in [3.8, 4) is 5.69 Å². The lowest BCUT2D eigenvalue weighted by atomic mass is 10.2. The van der Waals surface area contributed by atoms with E-state index in [4.69, 9.17) is 0 Å². The normalized spacial score (nSPS) is 24.8. The van der Waals surface area contributed by atoms with E-state index in [-0.39, 0.29) is 16.7 Å². The third-order valence-electron chi connectivity index (χ3n) is 5.29. The summed E-state index contributed by atoms with van der Waals surface area (Å²) in [7, 11) is 0. The first-order chi connectivity index (χ1) is 12.4.